The van der Waals surface area contributed by atoms with Crippen LogP contribution in [0.2, 0.25) is 0 Å². The Balaban J connectivity index is 1.59. The zero-order valence-electron chi connectivity index (χ0n) is 18.4. The molecule has 14 heteroatoms. The molecule has 0 amide bonds. The number of carbonyl (C=O) groups excluding carboxylic acids is 2. The fourth-order valence-corrected chi connectivity index (χ4v) is 2.92. The number of non-ortho nitro benzene ring substituents is 1. The smallest absolute Gasteiger partial charge is 0.379 e. The van der Waals surface area contributed by atoms with E-state index >= 15 is 0 Å². The van der Waals surface area contributed by atoms with E-state index in [-0.39, 0.29) is 34.3 Å². The van der Waals surface area contributed by atoms with Crippen LogP contribution in [-0.4, -0.2) is 28.0 Å². The molecule has 0 unspecified atom stereocenters. The molecule has 14 nitrogen and oxygen atoms in total. The van der Waals surface area contributed by atoms with Gasteiger partial charge in [0.15, 0.2) is 0 Å². The van der Waals surface area contributed by atoms with E-state index in [1.807, 2.05) is 0 Å². The molecular formula is C23H14N4O10. The Morgan fingerprint density at radius 3 is 2.14 bits per heavy atom. The zero-order chi connectivity index (χ0) is 26.4. The van der Waals surface area contributed by atoms with Crippen molar-refractivity contribution in [3.8, 4) is 11.5 Å². The zero-order valence-corrected chi connectivity index (χ0v) is 18.4. The molecule has 2 aromatic carbocycles. The third-order valence-electron chi connectivity index (χ3n) is 4.62. The number of nitrogens with zero attached hydrogens (tertiary/aromatic N) is 3. The van der Waals surface area contributed by atoms with Gasteiger partial charge in [0.1, 0.15) is 17.2 Å². The van der Waals surface area contributed by atoms with Gasteiger partial charge in [-0.3, -0.25) is 25.7 Å². The van der Waals surface area contributed by atoms with Crippen LogP contribution >= 0.6 is 0 Å². The van der Waals surface area contributed by atoms with Gasteiger partial charge < -0.3 is 18.3 Å². The summed E-state index contributed by atoms with van der Waals surface area (Å²) in [4.78, 5) is 45.3. The van der Waals surface area contributed by atoms with Crippen molar-refractivity contribution in [1.82, 2.24) is 0 Å². The van der Waals surface area contributed by atoms with Crippen LogP contribution in [0, 0.1) is 20.2 Å². The molecule has 0 saturated heterocycles. The highest BCUT2D eigenvalue weighted by atomic mass is 16.6. The second-order valence-corrected chi connectivity index (χ2v) is 7.02. The van der Waals surface area contributed by atoms with Crippen molar-refractivity contribution in [2.75, 3.05) is 5.43 Å². The second-order valence-electron chi connectivity index (χ2n) is 7.02. The van der Waals surface area contributed by atoms with Crippen LogP contribution < -0.4 is 14.9 Å². The number of hydrogen-bond donors (Lipinski definition) is 1. The Morgan fingerprint density at radius 1 is 0.865 bits per heavy atom. The molecule has 0 saturated carbocycles. The van der Waals surface area contributed by atoms with Gasteiger partial charge in [-0.1, -0.05) is 0 Å². The highest BCUT2D eigenvalue weighted by molar-refractivity contribution is 5.92. The Hall–Kier alpha value is -5.79. The van der Waals surface area contributed by atoms with E-state index < -0.39 is 33.2 Å². The number of carbonyl (C=O) groups is 2. The Labute approximate surface area is 206 Å². The van der Waals surface area contributed by atoms with Crippen LogP contribution in [-0.2, 0) is 0 Å². The molecule has 186 valence electrons. The summed E-state index contributed by atoms with van der Waals surface area (Å²) in [5, 5.41) is 26.1. The summed E-state index contributed by atoms with van der Waals surface area (Å²) in [6.45, 7) is 0. The first-order chi connectivity index (χ1) is 17.8. The minimum absolute atomic E-state index is 0.0137. The number of rotatable bonds is 9. The number of nitrogens with one attached hydrogen (secondary N) is 1. The van der Waals surface area contributed by atoms with Crippen molar-refractivity contribution < 1.29 is 37.7 Å². The lowest BCUT2D eigenvalue weighted by Crippen LogP contribution is -2.11. The summed E-state index contributed by atoms with van der Waals surface area (Å²) >= 11 is 0. The van der Waals surface area contributed by atoms with Gasteiger partial charge in [-0.2, -0.15) is 5.10 Å². The molecule has 0 spiro atoms. The summed E-state index contributed by atoms with van der Waals surface area (Å²) < 4.78 is 20.6. The van der Waals surface area contributed by atoms with Crippen LogP contribution in [0.15, 0.2) is 87.1 Å². The summed E-state index contributed by atoms with van der Waals surface area (Å²) in [6, 6.07) is 12.8. The van der Waals surface area contributed by atoms with Crippen LogP contribution in [0.5, 0.6) is 11.5 Å². The minimum atomic E-state index is -0.854. The predicted octanol–water partition coefficient (Wildman–Crippen LogP) is 4.57. The monoisotopic (exact) mass is 506 g/mol. The topological polar surface area (TPSA) is 190 Å². The van der Waals surface area contributed by atoms with E-state index in [0.717, 1.165) is 18.2 Å². The molecule has 37 heavy (non-hydrogen) atoms. The van der Waals surface area contributed by atoms with Gasteiger partial charge in [0, 0.05) is 17.7 Å². The molecule has 1 N–H and O–H groups in total. The number of nitro benzene ring substituents is 2. The lowest BCUT2D eigenvalue weighted by molar-refractivity contribution is -0.393. The van der Waals surface area contributed by atoms with E-state index in [4.69, 9.17) is 18.3 Å². The van der Waals surface area contributed by atoms with E-state index in [0.29, 0.717) is 0 Å². The van der Waals surface area contributed by atoms with E-state index in [1.165, 1.54) is 61.2 Å². The number of hydrazone groups is 1. The number of benzene rings is 2. The molecule has 2 heterocycles. The fraction of sp³-hybridized carbons (Fsp3) is 0. The molecule has 0 radical (unpaired) electrons. The van der Waals surface area contributed by atoms with Crippen molar-refractivity contribution in [3.05, 3.63) is 111 Å². The lowest BCUT2D eigenvalue weighted by Gasteiger charge is -2.09. The minimum Gasteiger partial charge on any atom is -0.457 e. The number of esters is 2. The largest absolute Gasteiger partial charge is 0.457 e. The fourth-order valence-electron chi connectivity index (χ4n) is 2.92. The van der Waals surface area contributed by atoms with Crippen molar-refractivity contribution in [2.45, 2.75) is 0 Å². The van der Waals surface area contributed by atoms with Crippen LogP contribution in [0.1, 0.15) is 26.7 Å². The maximum absolute atomic E-state index is 12.4. The molecule has 0 aliphatic rings. The molecule has 4 rings (SSSR count). The third kappa shape index (κ3) is 5.83. The maximum Gasteiger partial charge on any atom is 0.379 e. The second kappa shape index (κ2) is 10.6. The van der Waals surface area contributed by atoms with Crippen LogP contribution in [0.4, 0.5) is 17.1 Å². The molecule has 0 atom stereocenters. The molecule has 4 aromatic rings. The molecule has 0 aliphatic heterocycles. The summed E-state index contributed by atoms with van der Waals surface area (Å²) in [7, 11) is 0. The highest BCUT2D eigenvalue weighted by Gasteiger charge is 2.20. The van der Waals surface area contributed by atoms with Gasteiger partial charge in [0.2, 0.25) is 11.5 Å². The number of hydrogen-bond acceptors (Lipinski definition) is 12. The summed E-state index contributed by atoms with van der Waals surface area (Å²) in [5.41, 5.74) is 1.48. The van der Waals surface area contributed by atoms with E-state index in [9.17, 15) is 29.8 Å². The van der Waals surface area contributed by atoms with E-state index in [1.54, 1.807) is 0 Å². The molecule has 0 fully saturated rings. The maximum atomic E-state index is 12.4. The van der Waals surface area contributed by atoms with Gasteiger partial charge >= 0.3 is 17.6 Å². The average Bonchev–Trinajstić information content (AvgIpc) is 3.60. The van der Waals surface area contributed by atoms with Crippen molar-refractivity contribution in [3.63, 3.8) is 0 Å². The SMILES string of the molecule is O=C(Oc1ccc(/C=N\Nc2ccc([N+](=O)[O-])cc2[N+](=O)[O-])c(OC(=O)c2ccco2)c1)c1ccco1. The van der Waals surface area contributed by atoms with Gasteiger partial charge in [-0.05, 0) is 42.5 Å². The summed E-state index contributed by atoms with van der Waals surface area (Å²) in [6.07, 6.45) is 3.75. The first kappa shape index (κ1) is 24.3. The third-order valence-corrected chi connectivity index (χ3v) is 4.62. The average molecular weight is 506 g/mol. The normalized spacial score (nSPS) is 10.7. The van der Waals surface area contributed by atoms with Crippen LogP contribution in [0.25, 0.3) is 0 Å². The van der Waals surface area contributed by atoms with Crippen molar-refractivity contribution in [2.24, 2.45) is 5.10 Å². The Bertz CT molecular complexity index is 1490. The number of nitro groups is 2. The Morgan fingerprint density at radius 2 is 1.54 bits per heavy atom. The molecule has 0 bridgehead atoms. The van der Waals surface area contributed by atoms with Gasteiger partial charge in [0.25, 0.3) is 5.69 Å². The van der Waals surface area contributed by atoms with Crippen molar-refractivity contribution >= 4 is 35.2 Å². The number of anilines is 1. The first-order valence-corrected chi connectivity index (χ1v) is 10.2. The van der Waals surface area contributed by atoms with Crippen LogP contribution in [0.3, 0.4) is 0 Å². The molecular weight excluding hydrogens is 492 g/mol. The summed E-state index contributed by atoms with van der Waals surface area (Å²) in [5.74, 6) is -1.86. The van der Waals surface area contributed by atoms with Gasteiger partial charge in [-0.15, -0.1) is 0 Å². The molecule has 2 aromatic heterocycles. The highest BCUT2D eigenvalue weighted by Crippen LogP contribution is 2.29. The number of furan rings is 2. The predicted molar refractivity (Wildman–Crippen MR) is 125 cm³/mol. The van der Waals surface area contributed by atoms with Crippen molar-refractivity contribution in [1.29, 1.82) is 0 Å². The molecule has 0 aliphatic carbocycles. The quantitative estimate of drug-likeness (QED) is 0.110. The Kier molecular flexibility index (Phi) is 7.00. The van der Waals surface area contributed by atoms with Gasteiger partial charge in [0.05, 0.1) is 34.7 Å². The van der Waals surface area contributed by atoms with E-state index in [2.05, 4.69) is 10.5 Å². The van der Waals surface area contributed by atoms with Gasteiger partial charge in [-0.25, -0.2) is 9.59 Å². The first-order valence-electron chi connectivity index (χ1n) is 10.2. The number of ether oxygens (including phenoxy) is 2. The lowest BCUT2D eigenvalue weighted by atomic mass is 10.2. The standard InChI is InChI=1S/C23H14N4O10/c28-22(19-3-1-9-34-19)36-16-7-5-14(21(12-16)37-23(29)20-4-2-10-35-20)13-24-25-17-8-6-15(26(30)31)11-18(17)27(32)33/h1-13,25H/b24-13-.